The molecular weight excluding hydrogens is 481 g/mol. The van der Waals surface area contributed by atoms with Gasteiger partial charge in [0.25, 0.3) is 0 Å². The second-order valence-electron chi connectivity index (χ2n) is 7.92. The van der Waals surface area contributed by atoms with E-state index in [9.17, 15) is 17.4 Å². The van der Waals surface area contributed by atoms with Gasteiger partial charge in [-0.15, -0.1) is 11.3 Å². The van der Waals surface area contributed by atoms with Gasteiger partial charge < -0.3 is 5.32 Å². The molecule has 168 valence electrons. The number of halogens is 4. The average Bonchev–Trinajstić information content (AvgIpc) is 3.30. The van der Waals surface area contributed by atoms with Gasteiger partial charge >= 0.3 is 6.18 Å². The molecule has 0 saturated heterocycles. The lowest BCUT2D eigenvalue weighted by Gasteiger charge is -2.14. The van der Waals surface area contributed by atoms with Crippen LogP contribution in [0, 0.1) is 0 Å². The summed E-state index contributed by atoms with van der Waals surface area (Å²) in [6, 6.07) is 5.92. The third kappa shape index (κ3) is 4.28. The average molecular weight is 499 g/mol. The van der Waals surface area contributed by atoms with Gasteiger partial charge in [-0.2, -0.15) is 13.2 Å². The molecule has 2 aromatic heterocycles. The Kier molecular flexibility index (Phi) is 5.51. The van der Waals surface area contributed by atoms with E-state index in [1.54, 1.807) is 5.38 Å². The molecule has 1 N–H and O–H groups in total. The number of nitrogens with one attached hydrogen (secondary N) is 1. The molecule has 1 aromatic carbocycles. The van der Waals surface area contributed by atoms with Crippen LogP contribution in [-0.2, 0) is 30.1 Å². The van der Waals surface area contributed by atoms with Crippen molar-refractivity contribution >= 4 is 45.4 Å². The van der Waals surface area contributed by atoms with Crippen LogP contribution in [0.25, 0.3) is 10.6 Å². The van der Waals surface area contributed by atoms with Crippen molar-refractivity contribution in [1.29, 1.82) is 0 Å². The van der Waals surface area contributed by atoms with Gasteiger partial charge in [0.05, 0.1) is 32.1 Å². The van der Waals surface area contributed by atoms with Crippen molar-refractivity contribution in [2.24, 2.45) is 0 Å². The predicted octanol–water partition coefficient (Wildman–Crippen LogP) is 5.84. The Morgan fingerprint density at radius 1 is 1.22 bits per heavy atom. The van der Waals surface area contributed by atoms with Crippen LogP contribution in [0.2, 0.25) is 5.02 Å². The Morgan fingerprint density at radius 2 is 1.94 bits per heavy atom. The number of hydrogen-bond acceptors (Lipinski definition) is 6. The highest BCUT2D eigenvalue weighted by atomic mass is 35.5. The van der Waals surface area contributed by atoms with E-state index in [4.69, 9.17) is 11.6 Å². The summed E-state index contributed by atoms with van der Waals surface area (Å²) in [5.74, 6) is 0.0134. The zero-order valence-electron chi connectivity index (χ0n) is 16.9. The largest absolute Gasteiger partial charge is 0.420 e. The van der Waals surface area contributed by atoms with Crippen molar-refractivity contribution in [2.75, 3.05) is 11.6 Å². The van der Waals surface area contributed by atoms with Crippen LogP contribution in [0.15, 0.2) is 34.7 Å². The standard InChI is InChI=1S/C21H18ClF3N4OS2/c1-32(30)14-6-18(31-10-14)19-15(21(23,24)25)7-26-20(28-19)27-17-5-12-9-29(13-2-3-13)8-11(12)4-16(17)22/h4-7,10,13H,2-3,8-9H2,1H3,(H,26,27,28). The van der Waals surface area contributed by atoms with Gasteiger partial charge in [0.1, 0.15) is 5.56 Å². The van der Waals surface area contributed by atoms with Crippen molar-refractivity contribution in [1.82, 2.24) is 14.9 Å². The molecule has 1 fully saturated rings. The quantitative estimate of drug-likeness (QED) is 0.479. The van der Waals surface area contributed by atoms with Crippen LogP contribution in [-0.4, -0.2) is 31.4 Å². The molecule has 11 heteroatoms. The van der Waals surface area contributed by atoms with E-state index in [-0.39, 0.29) is 16.5 Å². The number of rotatable bonds is 5. The molecule has 0 amide bonds. The number of aromatic nitrogens is 2. The molecule has 3 aromatic rings. The minimum Gasteiger partial charge on any atom is -0.323 e. The lowest BCUT2D eigenvalue weighted by Crippen LogP contribution is -2.18. The second-order valence-corrected chi connectivity index (χ2v) is 10.6. The topological polar surface area (TPSA) is 58.1 Å². The van der Waals surface area contributed by atoms with Crippen molar-refractivity contribution in [2.45, 2.75) is 43.0 Å². The summed E-state index contributed by atoms with van der Waals surface area (Å²) in [6.07, 6.45) is 0.0453. The Labute approximate surface area is 194 Å². The molecule has 3 heterocycles. The van der Waals surface area contributed by atoms with Gasteiger partial charge in [0, 0.05) is 41.9 Å². The van der Waals surface area contributed by atoms with Crippen LogP contribution in [0.3, 0.4) is 0 Å². The number of anilines is 2. The number of nitrogens with zero attached hydrogens (tertiary/aromatic N) is 3. The molecule has 1 aliphatic carbocycles. The Hall–Kier alpha value is -2.01. The monoisotopic (exact) mass is 498 g/mol. The Balaban J connectivity index is 1.48. The first-order valence-electron chi connectivity index (χ1n) is 9.88. The lowest BCUT2D eigenvalue weighted by molar-refractivity contribution is -0.137. The normalized spacial score (nSPS) is 17.4. The minimum absolute atomic E-state index is 0.0134. The molecular formula is C21H18ClF3N4OS2. The first-order chi connectivity index (χ1) is 15.2. The van der Waals surface area contributed by atoms with Crippen LogP contribution in [0.4, 0.5) is 24.8 Å². The Bertz CT molecular complexity index is 1230. The van der Waals surface area contributed by atoms with Gasteiger partial charge in [-0.05, 0) is 42.2 Å². The summed E-state index contributed by atoms with van der Waals surface area (Å²) in [7, 11) is -1.30. The van der Waals surface area contributed by atoms with Crippen LogP contribution >= 0.6 is 22.9 Å². The smallest absolute Gasteiger partial charge is 0.323 e. The van der Waals surface area contributed by atoms with Gasteiger partial charge in [-0.25, -0.2) is 9.97 Å². The summed E-state index contributed by atoms with van der Waals surface area (Å²) < 4.78 is 52.5. The molecule has 2 aliphatic rings. The molecule has 1 atom stereocenters. The van der Waals surface area contributed by atoms with E-state index in [1.165, 1.54) is 30.7 Å². The van der Waals surface area contributed by atoms with E-state index < -0.39 is 22.5 Å². The molecule has 0 radical (unpaired) electrons. The first-order valence-corrected chi connectivity index (χ1v) is 12.7. The molecule has 32 heavy (non-hydrogen) atoms. The zero-order chi connectivity index (χ0) is 22.6. The zero-order valence-corrected chi connectivity index (χ0v) is 19.3. The second kappa shape index (κ2) is 8.09. The number of hydrogen-bond donors (Lipinski definition) is 1. The van der Waals surface area contributed by atoms with Gasteiger partial charge in [0.2, 0.25) is 5.95 Å². The van der Waals surface area contributed by atoms with Crippen LogP contribution in [0.5, 0.6) is 0 Å². The third-order valence-electron chi connectivity index (χ3n) is 5.58. The molecule has 1 saturated carbocycles. The lowest BCUT2D eigenvalue weighted by atomic mass is 10.1. The van der Waals surface area contributed by atoms with E-state index in [1.807, 2.05) is 12.1 Å². The van der Waals surface area contributed by atoms with Crippen molar-refractivity contribution in [3.8, 4) is 10.6 Å². The van der Waals surface area contributed by atoms with E-state index in [0.717, 1.165) is 36.2 Å². The summed E-state index contributed by atoms with van der Waals surface area (Å²) in [6.45, 7) is 1.69. The summed E-state index contributed by atoms with van der Waals surface area (Å²) >= 11 is 7.51. The molecule has 1 unspecified atom stereocenters. The summed E-state index contributed by atoms with van der Waals surface area (Å²) in [4.78, 5) is 11.2. The van der Waals surface area contributed by atoms with Crippen molar-refractivity contribution < 1.29 is 17.4 Å². The van der Waals surface area contributed by atoms with E-state index >= 15 is 0 Å². The number of thiophene rings is 1. The summed E-state index contributed by atoms with van der Waals surface area (Å²) in [5, 5.41) is 5.02. The maximum Gasteiger partial charge on any atom is 0.420 e. The van der Waals surface area contributed by atoms with Gasteiger partial charge in [-0.1, -0.05) is 11.6 Å². The number of fused-ring (bicyclic) bond motifs is 1. The third-order valence-corrected chi connectivity index (χ3v) is 7.88. The molecule has 1 aliphatic heterocycles. The Morgan fingerprint density at radius 3 is 2.56 bits per heavy atom. The number of alkyl halides is 3. The molecule has 0 spiro atoms. The highest BCUT2D eigenvalue weighted by Gasteiger charge is 2.36. The molecule has 5 nitrogen and oxygen atoms in total. The number of benzene rings is 1. The van der Waals surface area contributed by atoms with Crippen LogP contribution in [0.1, 0.15) is 29.5 Å². The molecule has 5 rings (SSSR count). The van der Waals surface area contributed by atoms with E-state index in [2.05, 4.69) is 20.2 Å². The predicted molar refractivity (Wildman–Crippen MR) is 120 cm³/mol. The minimum atomic E-state index is -4.62. The van der Waals surface area contributed by atoms with E-state index in [0.29, 0.717) is 21.6 Å². The van der Waals surface area contributed by atoms with Crippen molar-refractivity contribution in [3.05, 3.63) is 51.5 Å². The SMILES string of the molecule is CS(=O)c1csc(-c2nc(Nc3cc4c(cc3Cl)CN(C3CC3)C4)ncc2C(F)(F)F)c1. The fraction of sp³-hybridized carbons (Fsp3) is 0.333. The van der Waals surface area contributed by atoms with Gasteiger partial charge in [-0.3, -0.25) is 9.11 Å². The first kappa shape index (κ1) is 21.8. The fourth-order valence-electron chi connectivity index (χ4n) is 3.79. The summed E-state index contributed by atoms with van der Waals surface area (Å²) in [5.41, 5.74) is 1.66. The maximum atomic E-state index is 13.6. The van der Waals surface area contributed by atoms with Crippen molar-refractivity contribution in [3.63, 3.8) is 0 Å². The van der Waals surface area contributed by atoms with Crippen LogP contribution < -0.4 is 5.32 Å². The van der Waals surface area contributed by atoms with Gasteiger partial charge in [0.15, 0.2) is 0 Å². The fourth-order valence-corrected chi connectivity index (χ4v) is 5.84. The highest BCUT2D eigenvalue weighted by Crippen LogP contribution is 2.40. The highest BCUT2D eigenvalue weighted by molar-refractivity contribution is 7.84. The molecule has 0 bridgehead atoms. The maximum absolute atomic E-state index is 13.6.